The zero-order valence-corrected chi connectivity index (χ0v) is 11.0. The van der Waals surface area contributed by atoms with Crippen molar-refractivity contribution in [2.24, 2.45) is 0 Å². The van der Waals surface area contributed by atoms with Crippen LogP contribution in [0.3, 0.4) is 0 Å². The van der Waals surface area contributed by atoms with Crippen LogP contribution in [0.4, 0.5) is 14.9 Å². The summed E-state index contributed by atoms with van der Waals surface area (Å²) in [5, 5.41) is 22.1. The number of amides is 2. The molecule has 0 aliphatic carbocycles. The number of nitrogens with zero attached hydrogens (tertiary/aromatic N) is 1. The summed E-state index contributed by atoms with van der Waals surface area (Å²) in [4.78, 5) is 22.7. The van der Waals surface area contributed by atoms with Crippen molar-refractivity contribution in [1.82, 2.24) is 5.32 Å². The van der Waals surface area contributed by atoms with E-state index in [1.54, 1.807) is 13.0 Å². The molecule has 0 heterocycles. The quantitative estimate of drug-likeness (QED) is 0.785. The SMILES string of the molecule is CCC(C)(NC(=O)Nc1ccc(C#N)cc1F)C(=O)O. The molecule has 106 valence electrons. The summed E-state index contributed by atoms with van der Waals surface area (Å²) < 4.78 is 13.6. The number of carboxylic acids is 1. The predicted molar refractivity (Wildman–Crippen MR) is 69.6 cm³/mol. The third kappa shape index (κ3) is 3.45. The number of carbonyl (C=O) groups is 2. The van der Waals surface area contributed by atoms with Crippen molar-refractivity contribution >= 4 is 17.7 Å². The van der Waals surface area contributed by atoms with E-state index in [0.29, 0.717) is 0 Å². The van der Waals surface area contributed by atoms with Crippen LogP contribution in [0.15, 0.2) is 18.2 Å². The van der Waals surface area contributed by atoms with Gasteiger partial charge in [-0.3, -0.25) is 0 Å². The largest absolute Gasteiger partial charge is 0.480 e. The highest BCUT2D eigenvalue weighted by atomic mass is 19.1. The summed E-state index contributed by atoms with van der Waals surface area (Å²) in [6, 6.07) is 4.49. The van der Waals surface area contributed by atoms with Crippen LogP contribution in [-0.4, -0.2) is 22.6 Å². The highest BCUT2D eigenvalue weighted by Gasteiger charge is 2.32. The van der Waals surface area contributed by atoms with E-state index in [2.05, 4.69) is 10.6 Å². The fourth-order valence-electron chi connectivity index (χ4n) is 1.38. The summed E-state index contributed by atoms with van der Waals surface area (Å²) in [5.41, 5.74) is -1.45. The van der Waals surface area contributed by atoms with Crippen LogP contribution < -0.4 is 10.6 Å². The number of nitrogens with one attached hydrogen (secondary N) is 2. The monoisotopic (exact) mass is 279 g/mol. The van der Waals surface area contributed by atoms with Gasteiger partial charge in [0.15, 0.2) is 0 Å². The van der Waals surface area contributed by atoms with Gasteiger partial charge in [-0.05, 0) is 31.5 Å². The van der Waals surface area contributed by atoms with Gasteiger partial charge in [-0.15, -0.1) is 0 Å². The molecule has 0 saturated heterocycles. The summed E-state index contributed by atoms with van der Waals surface area (Å²) in [6.45, 7) is 2.96. The second kappa shape index (κ2) is 6.02. The van der Waals surface area contributed by atoms with E-state index >= 15 is 0 Å². The molecule has 1 rings (SSSR count). The Morgan fingerprint density at radius 3 is 2.60 bits per heavy atom. The summed E-state index contributed by atoms with van der Waals surface area (Å²) >= 11 is 0. The summed E-state index contributed by atoms with van der Waals surface area (Å²) in [7, 11) is 0. The standard InChI is InChI=1S/C13H14FN3O3/c1-3-13(2,11(18)19)17-12(20)16-10-5-4-8(7-15)6-9(10)14/h4-6H,3H2,1-2H3,(H,18,19)(H2,16,17,20). The predicted octanol–water partition coefficient (Wildman–Crippen LogP) is 2.07. The first kappa shape index (κ1) is 15.4. The van der Waals surface area contributed by atoms with Gasteiger partial charge in [0.1, 0.15) is 11.4 Å². The maximum atomic E-state index is 13.6. The number of hydrogen-bond acceptors (Lipinski definition) is 3. The summed E-state index contributed by atoms with van der Waals surface area (Å²) in [5.74, 6) is -1.96. The molecule has 7 heteroatoms. The number of benzene rings is 1. The Bertz CT molecular complexity index is 583. The molecule has 20 heavy (non-hydrogen) atoms. The minimum atomic E-state index is -1.44. The molecular formula is C13H14FN3O3. The van der Waals surface area contributed by atoms with Crippen LogP contribution in [0.5, 0.6) is 0 Å². The molecule has 2 amide bonds. The normalized spacial score (nSPS) is 12.9. The fourth-order valence-corrected chi connectivity index (χ4v) is 1.38. The maximum absolute atomic E-state index is 13.6. The molecule has 6 nitrogen and oxygen atoms in total. The van der Waals surface area contributed by atoms with Crippen molar-refractivity contribution < 1.29 is 19.1 Å². The minimum Gasteiger partial charge on any atom is -0.480 e. The van der Waals surface area contributed by atoms with Crippen molar-refractivity contribution in [2.45, 2.75) is 25.8 Å². The van der Waals surface area contributed by atoms with E-state index in [1.807, 2.05) is 0 Å². The number of rotatable bonds is 4. The molecule has 0 fully saturated rings. The first-order valence-electron chi connectivity index (χ1n) is 5.84. The van der Waals surface area contributed by atoms with E-state index in [0.717, 1.165) is 6.07 Å². The van der Waals surface area contributed by atoms with Crippen LogP contribution in [-0.2, 0) is 4.79 Å². The van der Waals surface area contributed by atoms with Gasteiger partial charge < -0.3 is 15.7 Å². The number of urea groups is 1. The van der Waals surface area contributed by atoms with Crippen molar-refractivity contribution in [1.29, 1.82) is 5.26 Å². The van der Waals surface area contributed by atoms with E-state index in [1.165, 1.54) is 19.1 Å². The third-order valence-corrected chi connectivity index (χ3v) is 2.91. The fraction of sp³-hybridized carbons (Fsp3) is 0.308. The number of hydrogen-bond donors (Lipinski definition) is 3. The van der Waals surface area contributed by atoms with Crippen LogP contribution in [0.25, 0.3) is 0 Å². The molecule has 3 N–H and O–H groups in total. The Morgan fingerprint density at radius 2 is 2.15 bits per heavy atom. The van der Waals surface area contributed by atoms with Crippen molar-refractivity contribution in [3.05, 3.63) is 29.6 Å². The molecule has 1 unspecified atom stereocenters. The number of nitriles is 1. The highest BCUT2D eigenvalue weighted by molar-refractivity contribution is 5.93. The van der Waals surface area contributed by atoms with E-state index < -0.39 is 23.4 Å². The number of halogens is 1. The second-order valence-corrected chi connectivity index (χ2v) is 4.38. The third-order valence-electron chi connectivity index (χ3n) is 2.91. The van der Waals surface area contributed by atoms with Gasteiger partial charge in [0.25, 0.3) is 0 Å². The topological polar surface area (TPSA) is 102 Å². The van der Waals surface area contributed by atoms with Crippen LogP contribution in [0.2, 0.25) is 0 Å². The Hall–Kier alpha value is -2.62. The molecule has 1 aromatic rings. The second-order valence-electron chi connectivity index (χ2n) is 4.38. The number of carbonyl (C=O) groups excluding carboxylic acids is 1. The lowest BCUT2D eigenvalue weighted by atomic mass is 10.00. The van der Waals surface area contributed by atoms with E-state index in [9.17, 15) is 14.0 Å². The Balaban J connectivity index is 2.82. The first-order valence-corrected chi connectivity index (χ1v) is 5.84. The Morgan fingerprint density at radius 1 is 1.50 bits per heavy atom. The van der Waals surface area contributed by atoms with Gasteiger partial charge in [-0.1, -0.05) is 6.92 Å². The molecule has 1 aromatic carbocycles. The molecule has 0 bridgehead atoms. The first-order chi connectivity index (χ1) is 9.32. The molecular weight excluding hydrogens is 265 g/mol. The molecule has 0 aliphatic heterocycles. The number of aliphatic carboxylic acids is 1. The Labute approximate surface area is 115 Å². The van der Waals surface area contributed by atoms with Gasteiger partial charge in [0.2, 0.25) is 0 Å². The Kier molecular flexibility index (Phi) is 4.64. The molecule has 0 saturated carbocycles. The lowest BCUT2D eigenvalue weighted by molar-refractivity contribution is -0.143. The number of anilines is 1. The molecule has 1 atom stereocenters. The van der Waals surface area contributed by atoms with Gasteiger partial charge in [0, 0.05) is 0 Å². The van der Waals surface area contributed by atoms with E-state index in [4.69, 9.17) is 10.4 Å². The van der Waals surface area contributed by atoms with Gasteiger partial charge in [-0.2, -0.15) is 5.26 Å². The van der Waals surface area contributed by atoms with Crippen LogP contribution >= 0.6 is 0 Å². The maximum Gasteiger partial charge on any atom is 0.329 e. The van der Waals surface area contributed by atoms with Crippen molar-refractivity contribution in [3.63, 3.8) is 0 Å². The lowest BCUT2D eigenvalue weighted by Gasteiger charge is -2.24. The minimum absolute atomic E-state index is 0.123. The van der Waals surface area contributed by atoms with Gasteiger partial charge >= 0.3 is 12.0 Å². The molecule has 0 aromatic heterocycles. The smallest absolute Gasteiger partial charge is 0.329 e. The zero-order chi connectivity index (χ0) is 15.3. The molecule has 0 aliphatic rings. The number of carboxylic acid groups (broad SMARTS) is 1. The van der Waals surface area contributed by atoms with E-state index in [-0.39, 0.29) is 17.7 Å². The van der Waals surface area contributed by atoms with Gasteiger partial charge in [0.05, 0.1) is 17.3 Å². The zero-order valence-electron chi connectivity index (χ0n) is 11.0. The van der Waals surface area contributed by atoms with Gasteiger partial charge in [-0.25, -0.2) is 14.0 Å². The van der Waals surface area contributed by atoms with Crippen LogP contribution in [0.1, 0.15) is 25.8 Å². The van der Waals surface area contributed by atoms with Crippen molar-refractivity contribution in [2.75, 3.05) is 5.32 Å². The average molecular weight is 279 g/mol. The average Bonchev–Trinajstić information content (AvgIpc) is 2.40. The summed E-state index contributed by atoms with van der Waals surface area (Å²) in [6.07, 6.45) is 0.172. The lowest BCUT2D eigenvalue weighted by Crippen LogP contribution is -2.53. The molecule has 0 spiro atoms. The van der Waals surface area contributed by atoms with Crippen molar-refractivity contribution in [3.8, 4) is 6.07 Å². The molecule has 0 radical (unpaired) electrons. The van der Waals surface area contributed by atoms with Crippen LogP contribution in [0, 0.1) is 17.1 Å². The highest BCUT2D eigenvalue weighted by Crippen LogP contribution is 2.16.